The second-order valence-electron chi connectivity index (χ2n) is 7.00. The summed E-state index contributed by atoms with van der Waals surface area (Å²) in [4.78, 5) is 8.99. The van der Waals surface area contributed by atoms with E-state index in [0.29, 0.717) is 17.5 Å². The average molecular weight is 416 g/mol. The maximum absolute atomic E-state index is 13.1. The van der Waals surface area contributed by atoms with Gasteiger partial charge in [0.05, 0.1) is 14.2 Å². The Hall–Kier alpha value is -3.00. The van der Waals surface area contributed by atoms with Gasteiger partial charge in [-0.1, -0.05) is 0 Å². The monoisotopic (exact) mass is 415 g/mol. The van der Waals surface area contributed by atoms with Crippen LogP contribution in [0.4, 0.5) is 15.8 Å². The van der Waals surface area contributed by atoms with Crippen molar-refractivity contribution in [1.82, 2.24) is 10.2 Å². The van der Waals surface area contributed by atoms with Gasteiger partial charge in [-0.15, -0.1) is 0 Å². The van der Waals surface area contributed by atoms with E-state index in [0.717, 1.165) is 50.6 Å². The summed E-state index contributed by atoms with van der Waals surface area (Å²) in [6, 6.07) is 12.4. The molecule has 0 saturated carbocycles. The van der Waals surface area contributed by atoms with Gasteiger partial charge in [-0.05, 0) is 36.4 Å². The van der Waals surface area contributed by atoms with Crippen LogP contribution in [0.25, 0.3) is 0 Å². The Balaban J connectivity index is 1.43. The summed E-state index contributed by atoms with van der Waals surface area (Å²) in [7, 11) is 4.98. The van der Waals surface area contributed by atoms with Gasteiger partial charge in [0.2, 0.25) is 0 Å². The molecule has 0 atom stereocenters. The lowest BCUT2D eigenvalue weighted by molar-refractivity contribution is 0.262. The first-order valence-corrected chi connectivity index (χ1v) is 10.1. The molecule has 0 unspecified atom stereocenters. The molecule has 2 N–H and O–H groups in total. The van der Waals surface area contributed by atoms with E-state index < -0.39 is 0 Å². The first-order valence-electron chi connectivity index (χ1n) is 10.1. The number of guanidine groups is 1. The quantitative estimate of drug-likeness (QED) is 0.536. The van der Waals surface area contributed by atoms with Gasteiger partial charge in [0.1, 0.15) is 5.82 Å². The molecule has 2 aromatic carbocycles. The number of aliphatic imine (C=N–C) groups is 1. The highest BCUT2D eigenvalue weighted by atomic mass is 19.1. The summed E-state index contributed by atoms with van der Waals surface area (Å²) >= 11 is 0. The molecule has 1 heterocycles. The normalized spacial score (nSPS) is 15.1. The number of methoxy groups -OCH3 is 2. The van der Waals surface area contributed by atoms with Crippen LogP contribution in [0.5, 0.6) is 11.5 Å². The largest absolute Gasteiger partial charge is 0.493 e. The minimum atomic E-state index is -0.196. The Morgan fingerprint density at radius 2 is 1.70 bits per heavy atom. The van der Waals surface area contributed by atoms with E-state index in [9.17, 15) is 4.39 Å². The lowest BCUT2D eigenvalue weighted by atomic mass is 10.2. The van der Waals surface area contributed by atoms with Crippen molar-refractivity contribution >= 4 is 17.3 Å². The number of piperazine rings is 1. The Morgan fingerprint density at radius 3 is 2.33 bits per heavy atom. The van der Waals surface area contributed by atoms with Crippen molar-refractivity contribution in [3.8, 4) is 11.5 Å². The van der Waals surface area contributed by atoms with Crippen LogP contribution in [-0.2, 0) is 0 Å². The number of rotatable bonds is 7. The maximum atomic E-state index is 13.1. The summed E-state index contributed by atoms with van der Waals surface area (Å²) < 4.78 is 23.7. The zero-order valence-corrected chi connectivity index (χ0v) is 17.8. The summed E-state index contributed by atoms with van der Waals surface area (Å²) in [5, 5.41) is 6.62. The number of nitrogens with one attached hydrogen (secondary N) is 2. The van der Waals surface area contributed by atoms with E-state index in [-0.39, 0.29) is 5.82 Å². The van der Waals surface area contributed by atoms with Crippen LogP contribution >= 0.6 is 0 Å². The number of anilines is 2. The molecule has 0 aromatic heterocycles. The molecule has 0 radical (unpaired) electrons. The van der Waals surface area contributed by atoms with E-state index in [1.807, 2.05) is 30.3 Å². The fourth-order valence-electron chi connectivity index (χ4n) is 3.44. The van der Waals surface area contributed by atoms with Crippen molar-refractivity contribution in [3.63, 3.8) is 0 Å². The van der Waals surface area contributed by atoms with E-state index in [2.05, 4.69) is 25.4 Å². The summed E-state index contributed by atoms with van der Waals surface area (Å²) in [6.45, 7) is 5.52. The molecule has 1 aliphatic heterocycles. The fourth-order valence-corrected chi connectivity index (χ4v) is 3.44. The zero-order chi connectivity index (χ0) is 21.3. The highest BCUT2D eigenvalue weighted by Gasteiger charge is 2.17. The molecular formula is C22H30FN5O2. The summed E-state index contributed by atoms with van der Waals surface area (Å²) in [5.74, 6) is 1.86. The van der Waals surface area contributed by atoms with Gasteiger partial charge in [-0.3, -0.25) is 9.89 Å². The fraction of sp³-hybridized carbons (Fsp3) is 0.409. The van der Waals surface area contributed by atoms with E-state index in [4.69, 9.17) is 9.47 Å². The van der Waals surface area contributed by atoms with Crippen molar-refractivity contribution in [2.75, 3.05) is 70.8 Å². The van der Waals surface area contributed by atoms with Crippen LogP contribution in [0, 0.1) is 5.82 Å². The molecule has 30 heavy (non-hydrogen) atoms. The smallest absolute Gasteiger partial charge is 0.195 e. The first kappa shape index (κ1) is 21.7. The second-order valence-corrected chi connectivity index (χ2v) is 7.00. The van der Waals surface area contributed by atoms with Crippen LogP contribution < -0.4 is 25.0 Å². The van der Waals surface area contributed by atoms with Crippen LogP contribution in [0.2, 0.25) is 0 Å². The third kappa shape index (κ3) is 5.76. The SMILES string of the molecule is CN=C(NCCN1CCN(c2ccc(F)cc2)CC1)Nc1ccc(OC)c(OC)c1. The predicted octanol–water partition coefficient (Wildman–Crippen LogP) is 2.65. The van der Waals surface area contributed by atoms with Gasteiger partial charge in [0.15, 0.2) is 17.5 Å². The molecule has 0 spiro atoms. The van der Waals surface area contributed by atoms with Gasteiger partial charge in [-0.25, -0.2) is 4.39 Å². The Kier molecular flexibility index (Phi) is 7.73. The average Bonchev–Trinajstić information content (AvgIpc) is 2.79. The minimum Gasteiger partial charge on any atom is -0.493 e. The van der Waals surface area contributed by atoms with Crippen LogP contribution in [0.15, 0.2) is 47.5 Å². The summed E-state index contributed by atoms with van der Waals surface area (Å²) in [5.41, 5.74) is 1.95. The second kappa shape index (κ2) is 10.7. The zero-order valence-electron chi connectivity index (χ0n) is 17.8. The molecule has 2 aromatic rings. The number of hydrogen-bond acceptors (Lipinski definition) is 5. The molecule has 0 bridgehead atoms. The lowest BCUT2D eigenvalue weighted by Crippen LogP contribution is -2.48. The molecule has 0 amide bonds. The van der Waals surface area contributed by atoms with Crippen molar-refractivity contribution in [2.24, 2.45) is 4.99 Å². The van der Waals surface area contributed by atoms with Crippen LogP contribution in [0.1, 0.15) is 0 Å². The van der Waals surface area contributed by atoms with E-state index in [1.165, 1.54) is 12.1 Å². The molecular weight excluding hydrogens is 385 g/mol. The van der Waals surface area contributed by atoms with Gasteiger partial charge in [0.25, 0.3) is 0 Å². The van der Waals surface area contributed by atoms with Crippen LogP contribution in [-0.4, -0.2) is 71.4 Å². The number of benzene rings is 2. The Labute approximate surface area is 177 Å². The van der Waals surface area contributed by atoms with Crippen LogP contribution in [0.3, 0.4) is 0 Å². The number of nitrogens with zero attached hydrogens (tertiary/aromatic N) is 3. The maximum Gasteiger partial charge on any atom is 0.195 e. The molecule has 1 saturated heterocycles. The highest BCUT2D eigenvalue weighted by molar-refractivity contribution is 5.93. The van der Waals surface area contributed by atoms with Crippen molar-refractivity contribution in [1.29, 1.82) is 0 Å². The molecule has 8 heteroatoms. The van der Waals surface area contributed by atoms with Gasteiger partial charge >= 0.3 is 0 Å². The topological polar surface area (TPSA) is 61.4 Å². The number of halogens is 1. The molecule has 162 valence electrons. The van der Waals surface area contributed by atoms with Gasteiger partial charge < -0.3 is 25.0 Å². The number of ether oxygens (including phenoxy) is 2. The molecule has 3 rings (SSSR count). The predicted molar refractivity (Wildman–Crippen MR) is 120 cm³/mol. The van der Waals surface area contributed by atoms with E-state index in [1.54, 1.807) is 21.3 Å². The molecule has 1 fully saturated rings. The Morgan fingerprint density at radius 1 is 1.00 bits per heavy atom. The first-order chi connectivity index (χ1) is 14.6. The van der Waals surface area contributed by atoms with Crippen molar-refractivity contribution in [2.45, 2.75) is 0 Å². The minimum absolute atomic E-state index is 0.196. The third-order valence-electron chi connectivity index (χ3n) is 5.15. The number of hydrogen-bond donors (Lipinski definition) is 2. The standard InChI is InChI=1S/C22H30FN5O2/c1-24-22(26-18-6-9-20(29-2)21(16-18)30-3)25-10-11-27-12-14-28(15-13-27)19-7-4-17(23)5-8-19/h4-9,16H,10-15H2,1-3H3,(H2,24,25,26). The lowest BCUT2D eigenvalue weighted by Gasteiger charge is -2.36. The molecule has 0 aliphatic carbocycles. The van der Waals surface area contributed by atoms with E-state index >= 15 is 0 Å². The van der Waals surface area contributed by atoms with Gasteiger partial charge in [0, 0.05) is 63.8 Å². The van der Waals surface area contributed by atoms with Crippen molar-refractivity contribution in [3.05, 3.63) is 48.3 Å². The Bertz CT molecular complexity index is 836. The highest BCUT2D eigenvalue weighted by Crippen LogP contribution is 2.29. The van der Waals surface area contributed by atoms with Crippen molar-refractivity contribution < 1.29 is 13.9 Å². The molecule has 1 aliphatic rings. The van der Waals surface area contributed by atoms with Gasteiger partial charge in [-0.2, -0.15) is 0 Å². The summed E-state index contributed by atoms with van der Waals surface area (Å²) in [6.07, 6.45) is 0. The molecule has 7 nitrogen and oxygen atoms in total. The third-order valence-corrected chi connectivity index (χ3v) is 5.15.